The SMILES string of the molecule is C=CC(=O)OC(CO)COc1c2ccccc2cc2c(Br)cccc12. The van der Waals surface area contributed by atoms with Gasteiger partial charge in [0, 0.05) is 26.7 Å². The van der Waals surface area contributed by atoms with Crippen molar-refractivity contribution >= 4 is 43.4 Å². The van der Waals surface area contributed by atoms with Crippen molar-refractivity contribution in [3.8, 4) is 5.75 Å². The molecular weight excluding hydrogens is 384 g/mol. The molecule has 0 saturated carbocycles. The number of rotatable bonds is 6. The number of carbonyl (C=O) groups is 1. The summed E-state index contributed by atoms with van der Waals surface area (Å²) in [5.41, 5.74) is 0. The van der Waals surface area contributed by atoms with Crippen LogP contribution in [0.25, 0.3) is 21.5 Å². The Bertz CT molecular complexity index is 936. The number of carbonyl (C=O) groups excluding carboxylic acids is 1. The van der Waals surface area contributed by atoms with Crippen LogP contribution in [0.2, 0.25) is 0 Å². The Labute approximate surface area is 153 Å². The lowest BCUT2D eigenvalue weighted by molar-refractivity contribution is -0.146. The lowest BCUT2D eigenvalue weighted by Crippen LogP contribution is -2.27. The summed E-state index contributed by atoms with van der Waals surface area (Å²) in [7, 11) is 0. The standard InChI is InChI=1S/C20H17BrO4/c1-2-19(23)25-14(11-22)12-24-20-15-7-4-3-6-13(15)10-17-16(20)8-5-9-18(17)21/h2-10,14,22H,1,11-12H2. The van der Waals surface area contributed by atoms with Gasteiger partial charge in [0.1, 0.15) is 12.4 Å². The Balaban J connectivity index is 2.02. The minimum Gasteiger partial charge on any atom is -0.488 e. The molecule has 0 aromatic heterocycles. The van der Waals surface area contributed by atoms with Crippen LogP contribution in [0, 0.1) is 0 Å². The molecule has 0 radical (unpaired) electrons. The molecule has 0 saturated heterocycles. The molecule has 0 fully saturated rings. The van der Waals surface area contributed by atoms with E-state index in [1.54, 1.807) is 0 Å². The first kappa shape index (κ1) is 17.5. The van der Waals surface area contributed by atoms with E-state index < -0.39 is 12.1 Å². The normalized spacial score (nSPS) is 12.1. The molecule has 3 aromatic rings. The molecule has 0 aliphatic carbocycles. The van der Waals surface area contributed by atoms with Gasteiger partial charge in [-0.2, -0.15) is 0 Å². The van der Waals surface area contributed by atoms with Crippen molar-refractivity contribution in [3.63, 3.8) is 0 Å². The number of aliphatic hydroxyl groups excluding tert-OH is 1. The van der Waals surface area contributed by atoms with Crippen LogP contribution in [0.4, 0.5) is 0 Å². The fourth-order valence-corrected chi connectivity index (χ4v) is 3.16. The molecule has 4 nitrogen and oxygen atoms in total. The molecule has 0 aliphatic heterocycles. The number of ether oxygens (including phenoxy) is 2. The zero-order valence-electron chi connectivity index (χ0n) is 13.4. The Kier molecular flexibility index (Phi) is 5.36. The molecule has 1 atom stereocenters. The minimum atomic E-state index is -0.758. The topological polar surface area (TPSA) is 55.8 Å². The van der Waals surface area contributed by atoms with Crippen molar-refractivity contribution in [2.75, 3.05) is 13.2 Å². The lowest BCUT2D eigenvalue weighted by atomic mass is 10.0. The van der Waals surface area contributed by atoms with E-state index in [2.05, 4.69) is 28.6 Å². The highest BCUT2D eigenvalue weighted by Crippen LogP contribution is 2.37. The van der Waals surface area contributed by atoms with Crippen LogP contribution in [0.5, 0.6) is 5.75 Å². The molecule has 1 unspecified atom stereocenters. The highest BCUT2D eigenvalue weighted by Gasteiger charge is 2.16. The van der Waals surface area contributed by atoms with Gasteiger partial charge in [-0.05, 0) is 17.5 Å². The van der Waals surface area contributed by atoms with Crippen LogP contribution in [-0.4, -0.2) is 30.4 Å². The Morgan fingerprint density at radius 1 is 1.16 bits per heavy atom. The van der Waals surface area contributed by atoms with E-state index in [4.69, 9.17) is 9.47 Å². The van der Waals surface area contributed by atoms with Gasteiger partial charge in [-0.25, -0.2) is 4.79 Å². The van der Waals surface area contributed by atoms with Gasteiger partial charge >= 0.3 is 5.97 Å². The summed E-state index contributed by atoms with van der Waals surface area (Å²) >= 11 is 3.58. The highest BCUT2D eigenvalue weighted by atomic mass is 79.9. The number of halogens is 1. The fourth-order valence-electron chi connectivity index (χ4n) is 2.68. The molecule has 0 bridgehead atoms. The first-order valence-corrected chi connectivity index (χ1v) is 8.60. The van der Waals surface area contributed by atoms with Gasteiger partial charge in [-0.3, -0.25) is 0 Å². The molecule has 5 heteroatoms. The molecule has 25 heavy (non-hydrogen) atoms. The summed E-state index contributed by atoms with van der Waals surface area (Å²) in [6, 6.07) is 15.9. The second kappa shape index (κ2) is 7.68. The van der Waals surface area contributed by atoms with E-state index in [1.807, 2.05) is 42.5 Å². The van der Waals surface area contributed by atoms with E-state index >= 15 is 0 Å². The Hall–Kier alpha value is -2.37. The second-order valence-electron chi connectivity index (χ2n) is 5.52. The molecule has 0 aliphatic rings. The monoisotopic (exact) mass is 400 g/mol. The lowest BCUT2D eigenvalue weighted by Gasteiger charge is -2.18. The first-order valence-electron chi connectivity index (χ1n) is 7.80. The molecule has 0 amide bonds. The van der Waals surface area contributed by atoms with Gasteiger partial charge in [0.2, 0.25) is 0 Å². The Morgan fingerprint density at radius 2 is 1.92 bits per heavy atom. The van der Waals surface area contributed by atoms with Crippen LogP contribution >= 0.6 is 15.9 Å². The third-order valence-corrected chi connectivity index (χ3v) is 4.56. The van der Waals surface area contributed by atoms with Crippen LogP contribution in [0.1, 0.15) is 0 Å². The van der Waals surface area contributed by atoms with Crippen LogP contribution < -0.4 is 4.74 Å². The quantitative estimate of drug-likeness (QED) is 0.382. The third-order valence-electron chi connectivity index (χ3n) is 3.87. The molecule has 3 aromatic carbocycles. The molecule has 3 rings (SSSR count). The largest absolute Gasteiger partial charge is 0.488 e. The number of aliphatic hydroxyl groups is 1. The average molecular weight is 401 g/mol. The summed E-state index contributed by atoms with van der Waals surface area (Å²) in [4.78, 5) is 11.3. The molecule has 1 N–H and O–H groups in total. The maximum Gasteiger partial charge on any atom is 0.330 e. The van der Waals surface area contributed by atoms with E-state index in [0.717, 1.165) is 32.1 Å². The molecule has 0 heterocycles. The summed E-state index contributed by atoms with van der Waals surface area (Å²) in [6.07, 6.45) is 0.305. The number of hydrogen-bond acceptors (Lipinski definition) is 4. The van der Waals surface area contributed by atoms with Crippen molar-refractivity contribution in [1.29, 1.82) is 0 Å². The maximum absolute atomic E-state index is 11.3. The zero-order valence-corrected chi connectivity index (χ0v) is 15.0. The number of benzene rings is 3. The van der Waals surface area contributed by atoms with Crippen LogP contribution in [-0.2, 0) is 9.53 Å². The second-order valence-corrected chi connectivity index (χ2v) is 6.37. The van der Waals surface area contributed by atoms with Crippen molar-refractivity contribution in [1.82, 2.24) is 0 Å². The van der Waals surface area contributed by atoms with Gasteiger partial charge in [-0.15, -0.1) is 0 Å². The van der Waals surface area contributed by atoms with E-state index in [0.29, 0.717) is 5.75 Å². The predicted octanol–water partition coefficient (Wildman–Crippen LogP) is 4.22. The Morgan fingerprint density at radius 3 is 2.68 bits per heavy atom. The molecule has 128 valence electrons. The third kappa shape index (κ3) is 3.67. The van der Waals surface area contributed by atoms with E-state index in [-0.39, 0.29) is 13.2 Å². The van der Waals surface area contributed by atoms with Gasteiger partial charge in [0.05, 0.1) is 6.61 Å². The molecular formula is C20H17BrO4. The summed E-state index contributed by atoms with van der Waals surface area (Å²) in [5.74, 6) is 0.107. The maximum atomic E-state index is 11.3. The summed E-state index contributed by atoms with van der Waals surface area (Å²) < 4.78 is 12.0. The average Bonchev–Trinajstić information content (AvgIpc) is 2.64. The van der Waals surface area contributed by atoms with E-state index in [1.165, 1.54) is 0 Å². The summed E-state index contributed by atoms with van der Waals surface area (Å²) in [5, 5.41) is 13.4. The first-order chi connectivity index (χ1) is 12.1. The number of fused-ring (bicyclic) bond motifs is 2. The zero-order chi connectivity index (χ0) is 17.8. The minimum absolute atomic E-state index is 0.0473. The predicted molar refractivity (Wildman–Crippen MR) is 102 cm³/mol. The van der Waals surface area contributed by atoms with Gasteiger partial charge in [0.15, 0.2) is 6.10 Å². The smallest absolute Gasteiger partial charge is 0.330 e. The summed E-state index contributed by atoms with van der Waals surface area (Å²) in [6.45, 7) is 3.08. The number of esters is 1. The number of hydrogen-bond donors (Lipinski definition) is 1. The van der Waals surface area contributed by atoms with E-state index in [9.17, 15) is 9.90 Å². The van der Waals surface area contributed by atoms with Crippen molar-refractivity contribution in [2.24, 2.45) is 0 Å². The highest BCUT2D eigenvalue weighted by molar-refractivity contribution is 9.10. The van der Waals surface area contributed by atoms with Crippen LogP contribution in [0.3, 0.4) is 0 Å². The van der Waals surface area contributed by atoms with Gasteiger partial charge < -0.3 is 14.6 Å². The van der Waals surface area contributed by atoms with Crippen LogP contribution in [0.15, 0.2) is 65.7 Å². The van der Waals surface area contributed by atoms with Crippen molar-refractivity contribution < 1.29 is 19.4 Å². The fraction of sp³-hybridized carbons (Fsp3) is 0.150. The molecule has 0 spiro atoms. The van der Waals surface area contributed by atoms with Gasteiger partial charge in [-0.1, -0.05) is 58.9 Å². The van der Waals surface area contributed by atoms with Crippen molar-refractivity contribution in [2.45, 2.75) is 6.10 Å². The van der Waals surface area contributed by atoms with Gasteiger partial charge in [0.25, 0.3) is 0 Å². The van der Waals surface area contributed by atoms with Crippen molar-refractivity contribution in [3.05, 3.63) is 65.7 Å².